The maximum absolute atomic E-state index is 12.7. The Hall–Kier alpha value is -2.52. The summed E-state index contributed by atoms with van der Waals surface area (Å²) in [4.78, 5) is 26.7. The van der Waals surface area contributed by atoms with Gasteiger partial charge in [0.15, 0.2) is 11.0 Å². The standard InChI is InChI=1S/C20H20N6OS2/c1-11-3-4-13-14(9-11)29-19-16(13)18(27)22-15(23-19)10-28-20-25-24-17(26(20)2)12-5-7-21-8-6-12/h5-8,11H,3-4,9-10H2,1-2H3,(H,22,23,27)/t11-/m1/s1. The fourth-order valence-electron chi connectivity index (χ4n) is 3.79. The summed E-state index contributed by atoms with van der Waals surface area (Å²) >= 11 is 3.19. The van der Waals surface area contributed by atoms with Gasteiger partial charge in [-0.05, 0) is 42.9 Å². The van der Waals surface area contributed by atoms with Crippen LogP contribution >= 0.6 is 23.1 Å². The molecule has 5 rings (SSSR count). The van der Waals surface area contributed by atoms with E-state index in [1.807, 2.05) is 23.7 Å². The van der Waals surface area contributed by atoms with Gasteiger partial charge in [-0.2, -0.15) is 0 Å². The van der Waals surface area contributed by atoms with Gasteiger partial charge < -0.3 is 9.55 Å². The SMILES string of the molecule is C[C@@H]1CCc2c(sc3nc(CSc4nnc(-c5ccncc5)n4C)[nH]c(=O)c23)C1. The van der Waals surface area contributed by atoms with Crippen molar-refractivity contribution in [3.63, 3.8) is 0 Å². The second-order valence-corrected chi connectivity index (χ2v) is 9.46. The lowest BCUT2D eigenvalue weighted by atomic mass is 9.89. The van der Waals surface area contributed by atoms with E-state index in [9.17, 15) is 4.79 Å². The van der Waals surface area contributed by atoms with E-state index in [0.29, 0.717) is 17.5 Å². The number of fused-ring (bicyclic) bond motifs is 3. The van der Waals surface area contributed by atoms with Gasteiger partial charge in [0.05, 0.1) is 11.1 Å². The Morgan fingerprint density at radius 3 is 2.97 bits per heavy atom. The van der Waals surface area contributed by atoms with Gasteiger partial charge in [0, 0.05) is 29.9 Å². The fourth-order valence-corrected chi connectivity index (χ4v) is 5.97. The van der Waals surface area contributed by atoms with E-state index in [4.69, 9.17) is 4.98 Å². The molecule has 0 aromatic carbocycles. The van der Waals surface area contributed by atoms with Crippen LogP contribution in [0.5, 0.6) is 0 Å². The van der Waals surface area contributed by atoms with Crippen LogP contribution < -0.4 is 5.56 Å². The molecule has 4 aromatic heterocycles. The lowest BCUT2D eigenvalue weighted by Gasteiger charge is -2.17. The molecule has 0 saturated heterocycles. The maximum Gasteiger partial charge on any atom is 0.259 e. The lowest BCUT2D eigenvalue weighted by Crippen LogP contribution is -2.14. The number of aromatic nitrogens is 6. The van der Waals surface area contributed by atoms with Crippen molar-refractivity contribution in [2.75, 3.05) is 0 Å². The molecule has 0 aliphatic heterocycles. The number of nitrogens with zero attached hydrogens (tertiary/aromatic N) is 5. The van der Waals surface area contributed by atoms with Crippen LogP contribution in [-0.4, -0.2) is 29.7 Å². The minimum atomic E-state index is -0.0203. The summed E-state index contributed by atoms with van der Waals surface area (Å²) in [5, 5.41) is 10.2. The first kappa shape index (κ1) is 18.5. The molecule has 4 heterocycles. The molecule has 1 aliphatic carbocycles. The highest BCUT2D eigenvalue weighted by molar-refractivity contribution is 7.98. The molecule has 0 spiro atoms. The number of pyridine rings is 1. The zero-order valence-electron chi connectivity index (χ0n) is 16.2. The fraction of sp³-hybridized carbons (Fsp3) is 0.350. The monoisotopic (exact) mass is 424 g/mol. The molecule has 1 atom stereocenters. The van der Waals surface area contributed by atoms with E-state index in [-0.39, 0.29) is 5.56 Å². The number of hydrogen-bond acceptors (Lipinski definition) is 7. The maximum atomic E-state index is 12.7. The minimum Gasteiger partial charge on any atom is -0.309 e. The van der Waals surface area contributed by atoms with Gasteiger partial charge in [-0.25, -0.2) is 4.98 Å². The molecule has 0 unspecified atom stereocenters. The van der Waals surface area contributed by atoms with E-state index in [1.165, 1.54) is 22.2 Å². The highest BCUT2D eigenvalue weighted by Gasteiger charge is 2.23. The Morgan fingerprint density at radius 1 is 1.31 bits per heavy atom. The Bertz CT molecular complexity index is 1240. The summed E-state index contributed by atoms with van der Waals surface area (Å²) in [5.74, 6) is 2.67. The van der Waals surface area contributed by atoms with Crippen LogP contribution in [0.25, 0.3) is 21.6 Å². The van der Waals surface area contributed by atoms with Crippen molar-refractivity contribution in [1.82, 2.24) is 29.7 Å². The number of H-pyrrole nitrogens is 1. The van der Waals surface area contributed by atoms with Crippen molar-refractivity contribution >= 4 is 33.3 Å². The Balaban J connectivity index is 1.40. The van der Waals surface area contributed by atoms with Crippen LogP contribution in [0.4, 0.5) is 0 Å². The first-order chi connectivity index (χ1) is 14.1. The molecule has 148 valence electrons. The third kappa shape index (κ3) is 3.38. The van der Waals surface area contributed by atoms with Gasteiger partial charge >= 0.3 is 0 Å². The Labute approximate surface area is 175 Å². The first-order valence-electron chi connectivity index (χ1n) is 9.56. The molecule has 1 aliphatic rings. The van der Waals surface area contributed by atoms with Crippen LogP contribution in [0.1, 0.15) is 29.6 Å². The van der Waals surface area contributed by atoms with E-state index in [2.05, 4.69) is 27.1 Å². The van der Waals surface area contributed by atoms with Crippen LogP contribution in [0.15, 0.2) is 34.5 Å². The van der Waals surface area contributed by atoms with Gasteiger partial charge in [-0.15, -0.1) is 21.5 Å². The quantitative estimate of drug-likeness (QED) is 0.504. The Morgan fingerprint density at radius 2 is 2.14 bits per heavy atom. The molecule has 9 heteroatoms. The molecular weight excluding hydrogens is 404 g/mol. The molecule has 1 N–H and O–H groups in total. The second kappa shape index (κ2) is 7.38. The molecule has 0 radical (unpaired) electrons. The smallest absolute Gasteiger partial charge is 0.259 e. The van der Waals surface area contributed by atoms with E-state index >= 15 is 0 Å². The van der Waals surface area contributed by atoms with Gasteiger partial charge in [0.1, 0.15) is 10.7 Å². The number of rotatable bonds is 4. The largest absolute Gasteiger partial charge is 0.309 e. The van der Waals surface area contributed by atoms with Crippen molar-refractivity contribution in [2.45, 2.75) is 37.1 Å². The van der Waals surface area contributed by atoms with Gasteiger partial charge in [-0.1, -0.05) is 18.7 Å². The summed E-state index contributed by atoms with van der Waals surface area (Å²) in [7, 11) is 1.94. The zero-order chi connectivity index (χ0) is 20.0. The summed E-state index contributed by atoms with van der Waals surface area (Å²) < 4.78 is 1.95. The topological polar surface area (TPSA) is 89.3 Å². The molecule has 0 fully saturated rings. The summed E-state index contributed by atoms with van der Waals surface area (Å²) in [5.41, 5.74) is 2.16. The van der Waals surface area contributed by atoms with Crippen molar-refractivity contribution in [3.05, 3.63) is 51.1 Å². The molecule has 0 bridgehead atoms. The van der Waals surface area contributed by atoms with E-state index < -0.39 is 0 Å². The number of aromatic amines is 1. The summed E-state index contributed by atoms with van der Waals surface area (Å²) in [6.45, 7) is 2.27. The van der Waals surface area contributed by atoms with Crippen LogP contribution in [0.2, 0.25) is 0 Å². The van der Waals surface area contributed by atoms with Crippen LogP contribution in [0, 0.1) is 5.92 Å². The van der Waals surface area contributed by atoms with Crippen LogP contribution in [-0.2, 0) is 25.6 Å². The number of aryl methyl sites for hydroxylation is 1. The van der Waals surface area contributed by atoms with Crippen molar-refractivity contribution in [2.24, 2.45) is 13.0 Å². The average molecular weight is 425 g/mol. The lowest BCUT2D eigenvalue weighted by molar-refractivity contribution is 0.509. The molecular formula is C20H20N6OS2. The number of hydrogen-bond donors (Lipinski definition) is 1. The van der Waals surface area contributed by atoms with Gasteiger partial charge in [-0.3, -0.25) is 9.78 Å². The number of thioether (sulfide) groups is 1. The predicted molar refractivity (Wildman–Crippen MR) is 115 cm³/mol. The van der Waals surface area contributed by atoms with E-state index in [0.717, 1.165) is 46.0 Å². The molecule has 0 saturated carbocycles. The third-order valence-electron chi connectivity index (χ3n) is 5.33. The normalized spacial score (nSPS) is 16.3. The number of nitrogens with one attached hydrogen (secondary N) is 1. The van der Waals surface area contributed by atoms with Gasteiger partial charge in [0.25, 0.3) is 5.56 Å². The average Bonchev–Trinajstić information content (AvgIpc) is 3.26. The highest BCUT2D eigenvalue weighted by atomic mass is 32.2. The molecule has 29 heavy (non-hydrogen) atoms. The Kier molecular flexibility index (Phi) is 4.71. The minimum absolute atomic E-state index is 0.0203. The zero-order valence-corrected chi connectivity index (χ0v) is 17.8. The van der Waals surface area contributed by atoms with Crippen LogP contribution in [0.3, 0.4) is 0 Å². The molecule has 4 aromatic rings. The predicted octanol–water partition coefficient (Wildman–Crippen LogP) is 3.59. The first-order valence-corrected chi connectivity index (χ1v) is 11.4. The molecule has 7 nitrogen and oxygen atoms in total. The second-order valence-electron chi connectivity index (χ2n) is 7.43. The molecule has 0 amide bonds. The van der Waals surface area contributed by atoms with Crippen molar-refractivity contribution in [3.8, 4) is 11.4 Å². The van der Waals surface area contributed by atoms with Gasteiger partial charge in [0.2, 0.25) is 0 Å². The van der Waals surface area contributed by atoms with Crippen molar-refractivity contribution in [1.29, 1.82) is 0 Å². The summed E-state index contributed by atoms with van der Waals surface area (Å²) in [6.07, 6.45) is 6.65. The highest BCUT2D eigenvalue weighted by Crippen LogP contribution is 2.36. The third-order valence-corrected chi connectivity index (χ3v) is 7.51. The summed E-state index contributed by atoms with van der Waals surface area (Å²) in [6, 6.07) is 3.82. The number of thiophene rings is 1. The van der Waals surface area contributed by atoms with Crippen molar-refractivity contribution < 1.29 is 0 Å². The van der Waals surface area contributed by atoms with E-state index in [1.54, 1.807) is 23.7 Å².